The minimum absolute atomic E-state index is 0.0146. The fraction of sp³-hybridized carbons (Fsp3) is 0.333. The zero-order chi connectivity index (χ0) is 29.7. The van der Waals surface area contributed by atoms with E-state index in [9.17, 15) is 27.6 Å². The number of alkyl halides is 3. The average molecular weight is 582 g/mol. The van der Waals surface area contributed by atoms with Crippen LogP contribution in [0.15, 0.2) is 72.9 Å². The maximum atomic E-state index is 13.7. The summed E-state index contributed by atoms with van der Waals surface area (Å²) >= 11 is 0. The number of hydrogen-bond donors (Lipinski definition) is 1. The summed E-state index contributed by atoms with van der Waals surface area (Å²) in [4.78, 5) is 49.4. The molecule has 2 aliphatic heterocycles. The van der Waals surface area contributed by atoms with E-state index in [4.69, 9.17) is 4.74 Å². The normalized spacial score (nSPS) is 18.9. The lowest BCUT2D eigenvalue weighted by atomic mass is 10.1. The summed E-state index contributed by atoms with van der Waals surface area (Å²) in [7, 11) is 0. The van der Waals surface area contributed by atoms with E-state index in [-0.39, 0.29) is 62.5 Å². The number of amides is 3. The van der Waals surface area contributed by atoms with Gasteiger partial charge in [-0.25, -0.2) is 0 Å². The van der Waals surface area contributed by atoms with E-state index in [1.54, 1.807) is 46.3 Å². The predicted molar refractivity (Wildman–Crippen MR) is 147 cm³/mol. The topological polar surface area (TPSA) is 95.1 Å². The summed E-state index contributed by atoms with van der Waals surface area (Å²) in [5.41, 5.74) is -0.00760. The molecule has 0 saturated carbocycles. The lowest BCUT2D eigenvalue weighted by Gasteiger charge is -2.42. The molecule has 12 heteroatoms. The highest BCUT2D eigenvalue weighted by Gasteiger charge is 2.36. The fourth-order valence-corrected chi connectivity index (χ4v) is 5.11. The number of nitrogens with zero attached hydrogens (tertiary/aromatic N) is 4. The van der Waals surface area contributed by atoms with Crippen molar-refractivity contribution < 1.29 is 32.3 Å². The van der Waals surface area contributed by atoms with Gasteiger partial charge in [0.15, 0.2) is 0 Å². The number of hydrogen-bond acceptors (Lipinski definition) is 6. The number of fused-ring (bicyclic) bond motifs is 2. The van der Waals surface area contributed by atoms with Gasteiger partial charge in [-0.15, -0.1) is 0 Å². The maximum absolute atomic E-state index is 13.7. The van der Waals surface area contributed by atoms with Gasteiger partial charge in [0, 0.05) is 51.0 Å². The van der Waals surface area contributed by atoms with Gasteiger partial charge in [0.2, 0.25) is 5.91 Å². The second-order valence-electron chi connectivity index (χ2n) is 10.2. The Morgan fingerprint density at radius 3 is 2.52 bits per heavy atom. The number of ether oxygens (including phenoxy) is 1. The molecule has 0 radical (unpaired) electrons. The fourth-order valence-electron chi connectivity index (χ4n) is 5.11. The number of nitrogens with one attached hydrogen (secondary N) is 1. The van der Waals surface area contributed by atoms with Gasteiger partial charge in [0.05, 0.1) is 29.4 Å². The van der Waals surface area contributed by atoms with Crippen molar-refractivity contribution in [1.82, 2.24) is 25.0 Å². The molecular formula is C30H30F3N5O4. The molecule has 0 aliphatic carbocycles. The van der Waals surface area contributed by atoms with E-state index < -0.39 is 23.7 Å². The van der Waals surface area contributed by atoms with Crippen LogP contribution >= 0.6 is 0 Å². The first-order valence-electron chi connectivity index (χ1n) is 13.6. The van der Waals surface area contributed by atoms with Crippen molar-refractivity contribution >= 4 is 17.7 Å². The molecule has 220 valence electrons. The van der Waals surface area contributed by atoms with E-state index in [1.165, 1.54) is 0 Å². The zero-order valence-electron chi connectivity index (χ0n) is 22.7. The molecule has 1 fully saturated rings. The number of rotatable bonds is 3. The number of pyridine rings is 1. The number of carbonyl (C=O) groups excluding carboxylic acids is 3. The number of halogens is 3. The Balaban J connectivity index is 1.45. The van der Waals surface area contributed by atoms with Crippen LogP contribution in [0.3, 0.4) is 0 Å². The van der Waals surface area contributed by atoms with Gasteiger partial charge in [-0.05, 0) is 42.5 Å². The molecule has 42 heavy (non-hydrogen) atoms. The summed E-state index contributed by atoms with van der Waals surface area (Å²) in [6.07, 6.45) is -3.01. The summed E-state index contributed by atoms with van der Waals surface area (Å²) in [6, 6.07) is 16.3. The summed E-state index contributed by atoms with van der Waals surface area (Å²) in [6.45, 7) is 1.25. The van der Waals surface area contributed by atoms with Crippen molar-refractivity contribution in [2.75, 3.05) is 45.9 Å². The third-order valence-electron chi connectivity index (χ3n) is 7.28. The molecule has 3 aromatic rings. The highest BCUT2D eigenvalue weighted by molar-refractivity contribution is 5.97. The van der Waals surface area contributed by atoms with E-state index >= 15 is 0 Å². The standard InChI is InChI=1S/C30H30F3N5O4/c31-30(32,33)22-9-10-26-25(16-22)28(40)35-12-13-36(17-23-8-4-5-11-34-23)19-27(39)38-15-14-37(18-24(38)20-42-26)29(41)21-6-2-1-3-7-21/h1-11,16,24H,12-15,17-20H2,(H,35,40)/t24-/m0/s1. The SMILES string of the molecule is O=C1NCCN(Cc2ccccn2)CC(=O)N2CCN(C(=O)c3ccccc3)C[C@H]2COc2ccc(C(F)(F)F)cc21. The van der Waals surface area contributed by atoms with Crippen molar-refractivity contribution in [3.05, 3.63) is 95.3 Å². The Morgan fingerprint density at radius 2 is 1.79 bits per heavy atom. The number of aromatic nitrogens is 1. The van der Waals surface area contributed by atoms with Gasteiger partial charge in [-0.2, -0.15) is 13.2 Å². The van der Waals surface area contributed by atoms with Crippen LogP contribution in [0.2, 0.25) is 0 Å². The van der Waals surface area contributed by atoms with Crippen molar-refractivity contribution in [1.29, 1.82) is 0 Å². The lowest BCUT2D eigenvalue weighted by molar-refractivity contribution is -0.138. The van der Waals surface area contributed by atoms with Crippen LogP contribution in [0.25, 0.3) is 0 Å². The number of benzene rings is 2. The molecule has 3 heterocycles. The first-order valence-corrected chi connectivity index (χ1v) is 13.6. The zero-order valence-corrected chi connectivity index (χ0v) is 22.7. The maximum Gasteiger partial charge on any atom is 0.416 e. The highest BCUT2D eigenvalue weighted by atomic mass is 19.4. The smallest absolute Gasteiger partial charge is 0.416 e. The van der Waals surface area contributed by atoms with Gasteiger partial charge in [0.25, 0.3) is 11.8 Å². The van der Waals surface area contributed by atoms with Crippen LogP contribution in [0, 0.1) is 0 Å². The van der Waals surface area contributed by atoms with Crippen LogP contribution in [-0.2, 0) is 17.5 Å². The monoisotopic (exact) mass is 581 g/mol. The molecular weight excluding hydrogens is 551 g/mol. The average Bonchev–Trinajstić information content (AvgIpc) is 3.00. The third kappa shape index (κ3) is 6.88. The number of carbonyl (C=O) groups is 3. The molecule has 1 saturated heterocycles. The van der Waals surface area contributed by atoms with E-state index in [1.807, 2.05) is 23.1 Å². The Kier molecular flexibility index (Phi) is 8.72. The molecule has 3 amide bonds. The lowest BCUT2D eigenvalue weighted by Crippen LogP contribution is -2.60. The van der Waals surface area contributed by atoms with Gasteiger partial charge in [-0.1, -0.05) is 24.3 Å². The van der Waals surface area contributed by atoms with E-state index in [0.29, 0.717) is 18.7 Å². The molecule has 0 bridgehead atoms. The Bertz CT molecular complexity index is 1420. The number of piperazine rings is 1. The Labute approximate surface area is 240 Å². The molecule has 0 unspecified atom stereocenters. The van der Waals surface area contributed by atoms with Crippen LogP contribution < -0.4 is 10.1 Å². The minimum atomic E-state index is -4.65. The van der Waals surface area contributed by atoms with Gasteiger partial charge in [0.1, 0.15) is 12.4 Å². The molecule has 2 aliphatic rings. The summed E-state index contributed by atoms with van der Waals surface area (Å²) in [5, 5.41) is 2.66. The summed E-state index contributed by atoms with van der Waals surface area (Å²) in [5.74, 6) is -1.15. The van der Waals surface area contributed by atoms with Gasteiger partial charge in [-0.3, -0.25) is 24.3 Å². The molecule has 5 rings (SSSR count). The molecule has 2 aromatic carbocycles. The van der Waals surface area contributed by atoms with Crippen LogP contribution in [0.5, 0.6) is 5.75 Å². The second kappa shape index (κ2) is 12.6. The quantitative estimate of drug-likeness (QED) is 0.511. The van der Waals surface area contributed by atoms with Crippen molar-refractivity contribution in [3.63, 3.8) is 0 Å². The van der Waals surface area contributed by atoms with Gasteiger partial charge >= 0.3 is 6.18 Å². The van der Waals surface area contributed by atoms with Crippen molar-refractivity contribution in [2.24, 2.45) is 0 Å². The Hall–Kier alpha value is -4.45. The van der Waals surface area contributed by atoms with Gasteiger partial charge < -0.3 is 19.9 Å². The first kappa shape index (κ1) is 29.1. The van der Waals surface area contributed by atoms with Crippen LogP contribution in [-0.4, -0.2) is 89.3 Å². The molecule has 1 aromatic heterocycles. The molecule has 1 N–H and O–H groups in total. The van der Waals surface area contributed by atoms with Crippen LogP contribution in [0.4, 0.5) is 13.2 Å². The largest absolute Gasteiger partial charge is 0.491 e. The molecule has 1 atom stereocenters. The Morgan fingerprint density at radius 1 is 1.00 bits per heavy atom. The predicted octanol–water partition coefficient (Wildman–Crippen LogP) is 3.08. The summed E-state index contributed by atoms with van der Waals surface area (Å²) < 4.78 is 46.4. The highest BCUT2D eigenvalue weighted by Crippen LogP contribution is 2.33. The van der Waals surface area contributed by atoms with Crippen molar-refractivity contribution in [3.8, 4) is 5.75 Å². The minimum Gasteiger partial charge on any atom is -0.491 e. The molecule has 9 nitrogen and oxygen atoms in total. The van der Waals surface area contributed by atoms with E-state index in [0.717, 1.165) is 23.9 Å². The second-order valence-corrected chi connectivity index (χ2v) is 10.2. The first-order chi connectivity index (χ1) is 20.2. The third-order valence-corrected chi connectivity index (χ3v) is 7.28. The van der Waals surface area contributed by atoms with E-state index in [2.05, 4.69) is 10.3 Å². The van der Waals surface area contributed by atoms with Crippen LogP contribution in [0.1, 0.15) is 32.0 Å². The van der Waals surface area contributed by atoms with Crippen molar-refractivity contribution in [2.45, 2.75) is 18.8 Å². The molecule has 0 spiro atoms.